The molecule has 1 N–H and O–H groups in total. The van der Waals surface area contributed by atoms with Gasteiger partial charge in [-0.1, -0.05) is 18.2 Å². The van der Waals surface area contributed by atoms with Crippen LogP contribution in [0.25, 0.3) is 0 Å². The van der Waals surface area contributed by atoms with E-state index in [0.29, 0.717) is 5.75 Å². The van der Waals surface area contributed by atoms with Crippen LogP contribution in [0, 0.1) is 0 Å². The number of hydrogen-bond donors (Lipinski definition) is 1. The van der Waals surface area contributed by atoms with Gasteiger partial charge in [-0.25, -0.2) is 0 Å². The van der Waals surface area contributed by atoms with Gasteiger partial charge in [0, 0.05) is 4.88 Å². The van der Waals surface area contributed by atoms with Crippen LogP contribution in [0.3, 0.4) is 0 Å². The smallest absolute Gasteiger partial charge is 0.235 e. The zero-order valence-corrected chi connectivity index (χ0v) is 11.5. The topological polar surface area (TPSA) is 38.3 Å². The van der Waals surface area contributed by atoms with Gasteiger partial charge < -0.3 is 10.1 Å². The molecule has 0 radical (unpaired) electrons. The molecular weight excluding hydrogens is 258 g/mol. The lowest BCUT2D eigenvalue weighted by Crippen LogP contribution is -2.27. The molecule has 98 valence electrons. The average Bonchev–Trinajstić information content (AvgIpc) is 3.07. The monoisotopic (exact) mass is 273 g/mol. The highest BCUT2D eigenvalue weighted by molar-refractivity contribution is 7.10. The summed E-state index contributed by atoms with van der Waals surface area (Å²) < 4.78 is 5.26. The number of anilines is 1. The Morgan fingerprint density at radius 2 is 2.05 bits per heavy atom. The number of carbonyl (C=O) groups excluding carboxylic acids is 1. The molecule has 2 aromatic rings. The molecule has 1 aliphatic carbocycles. The Balaban J connectivity index is 1.83. The quantitative estimate of drug-likeness (QED) is 0.927. The number of amides is 1. The maximum absolute atomic E-state index is 12.5. The summed E-state index contributed by atoms with van der Waals surface area (Å²) in [7, 11) is 1.61. The van der Waals surface area contributed by atoms with Gasteiger partial charge in [-0.05, 0) is 36.4 Å². The van der Waals surface area contributed by atoms with Gasteiger partial charge in [0.05, 0.1) is 18.2 Å². The van der Waals surface area contributed by atoms with Gasteiger partial charge in [0.1, 0.15) is 5.75 Å². The van der Waals surface area contributed by atoms with Crippen molar-refractivity contribution in [3.05, 3.63) is 46.7 Å². The van der Waals surface area contributed by atoms with Crippen molar-refractivity contribution in [1.82, 2.24) is 0 Å². The number of carbonyl (C=O) groups is 1. The molecule has 3 rings (SSSR count). The first-order valence-electron chi connectivity index (χ1n) is 6.25. The lowest BCUT2D eigenvalue weighted by molar-refractivity contribution is -0.118. The number of rotatable bonds is 4. The summed E-state index contributed by atoms with van der Waals surface area (Å²) in [5, 5.41) is 5.01. The summed E-state index contributed by atoms with van der Waals surface area (Å²) in [6, 6.07) is 11.5. The largest absolute Gasteiger partial charge is 0.495 e. The summed E-state index contributed by atoms with van der Waals surface area (Å²) in [6.45, 7) is 0. The zero-order valence-electron chi connectivity index (χ0n) is 10.7. The number of thiophene rings is 1. The van der Waals surface area contributed by atoms with E-state index in [1.54, 1.807) is 18.4 Å². The Hall–Kier alpha value is -1.81. The van der Waals surface area contributed by atoms with Crippen molar-refractivity contribution in [2.75, 3.05) is 12.4 Å². The third-order valence-corrected chi connectivity index (χ3v) is 4.61. The SMILES string of the molecule is COc1ccccc1NC(=O)C1(c2cccs2)CC1. The van der Waals surface area contributed by atoms with Crippen LogP contribution in [-0.4, -0.2) is 13.0 Å². The maximum Gasteiger partial charge on any atom is 0.235 e. The fourth-order valence-electron chi connectivity index (χ4n) is 2.25. The second-order valence-electron chi connectivity index (χ2n) is 4.71. The molecule has 3 nitrogen and oxygen atoms in total. The average molecular weight is 273 g/mol. The van der Waals surface area contributed by atoms with Crippen LogP contribution in [0.1, 0.15) is 17.7 Å². The second-order valence-corrected chi connectivity index (χ2v) is 5.66. The van der Waals surface area contributed by atoms with Crippen molar-refractivity contribution < 1.29 is 9.53 Å². The van der Waals surface area contributed by atoms with E-state index in [2.05, 4.69) is 5.32 Å². The van der Waals surface area contributed by atoms with E-state index in [-0.39, 0.29) is 11.3 Å². The standard InChI is InChI=1S/C15H15NO2S/c1-18-12-6-3-2-5-11(12)16-14(17)15(8-9-15)13-7-4-10-19-13/h2-7,10H,8-9H2,1H3,(H,16,17). The summed E-state index contributed by atoms with van der Waals surface area (Å²) in [5.41, 5.74) is 0.424. The molecule has 1 aromatic heterocycles. The van der Waals surface area contributed by atoms with Crippen molar-refractivity contribution in [3.8, 4) is 5.75 Å². The first kappa shape index (κ1) is 12.2. The molecule has 1 heterocycles. The molecule has 4 heteroatoms. The number of ether oxygens (including phenoxy) is 1. The second kappa shape index (κ2) is 4.70. The van der Waals surface area contributed by atoms with Gasteiger partial charge in [-0.3, -0.25) is 4.79 Å². The van der Waals surface area contributed by atoms with Crippen LogP contribution in [-0.2, 0) is 10.2 Å². The molecular formula is C15H15NO2S. The maximum atomic E-state index is 12.5. The van der Waals surface area contributed by atoms with Crippen LogP contribution in [0.15, 0.2) is 41.8 Å². The van der Waals surface area contributed by atoms with Gasteiger partial charge >= 0.3 is 0 Å². The number of methoxy groups -OCH3 is 1. The van der Waals surface area contributed by atoms with Gasteiger partial charge in [-0.2, -0.15) is 0 Å². The van der Waals surface area contributed by atoms with E-state index < -0.39 is 0 Å². The van der Waals surface area contributed by atoms with E-state index in [1.807, 2.05) is 41.8 Å². The lowest BCUT2D eigenvalue weighted by atomic mass is 10.0. The number of benzene rings is 1. The van der Waals surface area contributed by atoms with Crippen molar-refractivity contribution in [2.24, 2.45) is 0 Å². The lowest BCUT2D eigenvalue weighted by Gasteiger charge is -2.15. The number of para-hydroxylation sites is 2. The first-order valence-corrected chi connectivity index (χ1v) is 7.13. The number of nitrogens with one attached hydrogen (secondary N) is 1. The summed E-state index contributed by atoms with van der Waals surface area (Å²) in [5.74, 6) is 0.761. The third kappa shape index (κ3) is 2.12. The van der Waals surface area contributed by atoms with Crippen molar-refractivity contribution in [3.63, 3.8) is 0 Å². The van der Waals surface area contributed by atoms with Crippen molar-refractivity contribution in [1.29, 1.82) is 0 Å². The van der Waals surface area contributed by atoms with E-state index in [9.17, 15) is 4.79 Å². The van der Waals surface area contributed by atoms with Crippen LogP contribution >= 0.6 is 11.3 Å². The van der Waals surface area contributed by atoms with Gasteiger partial charge in [-0.15, -0.1) is 11.3 Å². The molecule has 0 aliphatic heterocycles. The van der Waals surface area contributed by atoms with Crippen LogP contribution in [0.4, 0.5) is 5.69 Å². The normalized spacial score (nSPS) is 15.8. The first-order chi connectivity index (χ1) is 9.26. The third-order valence-electron chi connectivity index (χ3n) is 3.53. The van der Waals surface area contributed by atoms with Gasteiger partial charge in [0.25, 0.3) is 0 Å². The van der Waals surface area contributed by atoms with Crippen LogP contribution in [0.2, 0.25) is 0 Å². The van der Waals surface area contributed by atoms with Crippen LogP contribution < -0.4 is 10.1 Å². The van der Waals surface area contributed by atoms with Gasteiger partial charge in [0.15, 0.2) is 0 Å². The fraction of sp³-hybridized carbons (Fsp3) is 0.267. The Kier molecular flexibility index (Phi) is 3.03. The molecule has 0 spiro atoms. The van der Waals surface area contributed by atoms with E-state index in [0.717, 1.165) is 23.4 Å². The molecule has 0 saturated heterocycles. The molecule has 0 atom stereocenters. The fourth-order valence-corrected chi connectivity index (χ4v) is 3.23. The summed E-state index contributed by atoms with van der Waals surface area (Å²) >= 11 is 1.65. The zero-order chi connectivity index (χ0) is 13.3. The Bertz CT molecular complexity index is 588. The Morgan fingerprint density at radius 3 is 2.68 bits per heavy atom. The summed E-state index contributed by atoms with van der Waals surface area (Å²) in [4.78, 5) is 13.7. The molecule has 1 fully saturated rings. The highest BCUT2D eigenvalue weighted by Crippen LogP contribution is 2.50. The predicted octanol–water partition coefficient (Wildman–Crippen LogP) is 3.43. The van der Waals surface area contributed by atoms with Crippen LogP contribution in [0.5, 0.6) is 5.75 Å². The van der Waals surface area contributed by atoms with Crippen molar-refractivity contribution >= 4 is 22.9 Å². The highest BCUT2D eigenvalue weighted by atomic mass is 32.1. The minimum atomic E-state index is -0.310. The highest BCUT2D eigenvalue weighted by Gasteiger charge is 2.52. The molecule has 0 unspecified atom stereocenters. The molecule has 1 aromatic carbocycles. The van der Waals surface area contributed by atoms with Gasteiger partial charge in [0.2, 0.25) is 5.91 Å². The predicted molar refractivity (Wildman–Crippen MR) is 76.9 cm³/mol. The number of hydrogen-bond acceptors (Lipinski definition) is 3. The molecule has 0 bridgehead atoms. The van der Waals surface area contributed by atoms with E-state index in [4.69, 9.17) is 4.74 Å². The van der Waals surface area contributed by atoms with Crippen molar-refractivity contribution in [2.45, 2.75) is 18.3 Å². The summed E-state index contributed by atoms with van der Waals surface area (Å²) in [6.07, 6.45) is 1.85. The molecule has 1 aliphatic rings. The Morgan fingerprint density at radius 1 is 1.26 bits per heavy atom. The van der Waals surface area contributed by atoms with E-state index in [1.165, 1.54) is 0 Å². The minimum absolute atomic E-state index is 0.0689. The van der Waals surface area contributed by atoms with E-state index >= 15 is 0 Å². The minimum Gasteiger partial charge on any atom is -0.495 e. The molecule has 1 saturated carbocycles. The molecule has 19 heavy (non-hydrogen) atoms. The Labute approximate surface area is 116 Å². The molecule has 1 amide bonds.